The fraction of sp³-hybridized carbons (Fsp3) is 0.385. The second-order valence-corrected chi connectivity index (χ2v) is 4.94. The van der Waals surface area contributed by atoms with Gasteiger partial charge in [-0.1, -0.05) is 25.8 Å². The van der Waals surface area contributed by atoms with E-state index in [1.807, 2.05) is 19.9 Å². The van der Waals surface area contributed by atoms with E-state index in [0.29, 0.717) is 5.56 Å². The van der Waals surface area contributed by atoms with Gasteiger partial charge in [-0.2, -0.15) is 13.2 Å². The van der Waals surface area contributed by atoms with E-state index in [0.717, 1.165) is 5.56 Å². The van der Waals surface area contributed by atoms with Crippen LogP contribution in [0.2, 0.25) is 0 Å². The Morgan fingerprint density at radius 2 is 1.88 bits per heavy atom. The summed E-state index contributed by atoms with van der Waals surface area (Å²) < 4.78 is 37.2. The summed E-state index contributed by atoms with van der Waals surface area (Å²) in [6, 6.07) is 5.05. The molecule has 0 spiro atoms. The highest BCUT2D eigenvalue weighted by Gasteiger charge is 2.30. The summed E-state index contributed by atoms with van der Waals surface area (Å²) in [6.07, 6.45) is 0. The van der Waals surface area contributed by atoms with E-state index >= 15 is 0 Å². The van der Waals surface area contributed by atoms with E-state index in [-0.39, 0.29) is 22.6 Å². The molecule has 17 heavy (non-hydrogen) atoms. The number of alkyl halides is 3. The van der Waals surface area contributed by atoms with Crippen LogP contribution >= 0.6 is 11.8 Å². The molecule has 4 heteroatoms. The molecule has 0 unspecified atom stereocenters. The topological polar surface area (TPSA) is 0 Å². The van der Waals surface area contributed by atoms with Crippen LogP contribution in [0.25, 0.3) is 0 Å². The first-order chi connectivity index (χ1) is 7.83. The van der Waals surface area contributed by atoms with Crippen molar-refractivity contribution in [3.63, 3.8) is 0 Å². The van der Waals surface area contributed by atoms with Crippen LogP contribution in [-0.4, -0.2) is 5.51 Å². The van der Waals surface area contributed by atoms with E-state index in [9.17, 15) is 13.2 Å². The van der Waals surface area contributed by atoms with E-state index in [1.165, 1.54) is 0 Å². The molecule has 0 atom stereocenters. The van der Waals surface area contributed by atoms with Crippen molar-refractivity contribution in [3.05, 3.63) is 29.3 Å². The Hall–Kier alpha value is -1.08. The third kappa shape index (κ3) is 4.35. The predicted molar refractivity (Wildman–Crippen MR) is 65.0 cm³/mol. The summed E-state index contributed by atoms with van der Waals surface area (Å²) in [6.45, 7) is 5.50. The van der Waals surface area contributed by atoms with Crippen molar-refractivity contribution < 1.29 is 13.2 Å². The van der Waals surface area contributed by atoms with Crippen LogP contribution < -0.4 is 0 Å². The highest BCUT2D eigenvalue weighted by atomic mass is 32.2. The summed E-state index contributed by atoms with van der Waals surface area (Å²) in [5, 5.41) is 0. The van der Waals surface area contributed by atoms with E-state index < -0.39 is 5.51 Å². The van der Waals surface area contributed by atoms with Crippen LogP contribution in [0, 0.1) is 11.8 Å². The van der Waals surface area contributed by atoms with Crippen LogP contribution in [0.15, 0.2) is 23.1 Å². The average molecular weight is 258 g/mol. The molecule has 1 aromatic rings. The molecule has 0 bridgehead atoms. The molecular weight excluding hydrogens is 245 g/mol. The smallest absolute Gasteiger partial charge is 0.160 e. The van der Waals surface area contributed by atoms with Gasteiger partial charge in [0.05, 0.1) is 0 Å². The van der Waals surface area contributed by atoms with Crippen LogP contribution in [0.3, 0.4) is 0 Å². The maximum atomic E-state index is 12.4. The first-order valence-corrected chi connectivity index (χ1v) is 5.97. The normalized spacial score (nSPS) is 11.2. The molecule has 0 radical (unpaired) electrons. The first-order valence-electron chi connectivity index (χ1n) is 5.16. The number of thioether (sulfide) groups is 1. The lowest BCUT2D eigenvalue weighted by Crippen LogP contribution is -2.01. The fourth-order valence-corrected chi connectivity index (χ4v) is 2.02. The van der Waals surface area contributed by atoms with Gasteiger partial charge in [-0.05, 0) is 42.3 Å². The second kappa shape index (κ2) is 5.50. The second-order valence-electron chi connectivity index (χ2n) is 3.83. The van der Waals surface area contributed by atoms with Gasteiger partial charge in [0.2, 0.25) is 0 Å². The SMILES string of the molecule is CC#Cc1ccc(C(C)C)cc1SC(F)(F)F. The summed E-state index contributed by atoms with van der Waals surface area (Å²) in [7, 11) is 0. The van der Waals surface area contributed by atoms with Crippen LogP contribution in [0.1, 0.15) is 37.8 Å². The van der Waals surface area contributed by atoms with Crippen LogP contribution in [-0.2, 0) is 0 Å². The van der Waals surface area contributed by atoms with Crippen molar-refractivity contribution in [3.8, 4) is 11.8 Å². The molecule has 0 N–H and O–H groups in total. The minimum Gasteiger partial charge on any atom is -0.160 e. The lowest BCUT2D eigenvalue weighted by Gasteiger charge is -2.11. The molecule has 0 saturated heterocycles. The highest BCUT2D eigenvalue weighted by molar-refractivity contribution is 8.00. The molecule has 0 aromatic heterocycles. The van der Waals surface area contributed by atoms with Crippen molar-refractivity contribution in [2.75, 3.05) is 0 Å². The molecule has 1 rings (SSSR count). The van der Waals surface area contributed by atoms with Gasteiger partial charge in [0.15, 0.2) is 0 Å². The van der Waals surface area contributed by atoms with Crippen molar-refractivity contribution in [2.45, 2.75) is 37.1 Å². The maximum Gasteiger partial charge on any atom is 0.446 e. The average Bonchev–Trinajstić information content (AvgIpc) is 2.18. The predicted octanol–water partition coefficient (Wildman–Crippen LogP) is 4.79. The Morgan fingerprint density at radius 3 is 2.35 bits per heavy atom. The summed E-state index contributed by atoms with van der Waals surface area (Å²) in [4.78, 5) is 0.179. The molecule has 1 aromatic carbocycles. The molecule has 0 aliphatic carbocycles. The summed E-state index contributed by atoms with van der Waals surface area (Å²) in [5.74, 6) is 5.52. The van der Waals surface area contributed by atoms with Crippen LogP contribution in [0.5, 0.6) is 0 Å². The van der Waals surface area contributed by atoms with E-state index in [2.05, 4.69) is 11.8 Å². The number of hydrogen-bond donors (Lipinski definition) is 0. The molecule has 0 saturated carbocycles. The van der Waals surface area contributed by atoms with E-state index in [4.69, 9.17) is 0 Å². The molecule has 0 aliphatic rings. The summed E-state index contributed by atoms with van der Waals surface area (Å²) >= 11 is -0.104. The van der Waals surface area contributed by atoms with Crippen molar-refractivity contribution in [1.82, 2.24) is 0 Å². The first kappa shape index (κ1) is 14.0. The molecule has 0 nitrogen and oxygen atoms in total. The molecule has 92 valence electrons. The van der Waals surface area contributed by atoms with Gasteiger partial charge in [0.1, 0.15) is 0 Å². The molecule has 0 heterocycles. The zero-order valence-electron chi connectivity index (χ0n) is 9.85. The van der Waals surface area contributed by atoms with Crippen LogP contribution in [0.4, 0.5) is 13.2 Å². The fourth-order valence-electron chi connectivity index (χ4n) is 1.35. The Kier molecular flexibility index (Phi) is 4.53. The number of rotatable bonds is 2. The van der Waals surface area contributed by atoms with Gasteiger partial charge in [-0.15, -0.1) is 5.92 Å². The Morgan fingerprint density at radius 1 is 1.24 bits per heavy atom. The van der Waals surface area contributed by atoms with E-state index in [1.54, 1.807) is 19.1 Å². The van der Waals surface area contributed by atoms with Gasteiger partial charge in [0.25, 0.3) is 0 Å². The number of halogens is 3. The van der Waals surface area contributed by atoms with Crippen molar-refractivity contribution >= 4 is 11.8 Å². The van der Waals surface area contributed by atoms with Gasteiger partial charge in [-0.3, -0.25) is 0 Å². The molecule has 0 amide bonds. The Bertz CT molecular complexity index is 450. The van der Waals surface area contributed by atoms with Gasteiger partial charge in [-0.25, -0.2) is 0 Å². The standard InChI is InChI=1S/C13H13F3S/c1-4-5-10-6-7-11(9(2)3)8-12(10)17-13(14,15)16/h6-9H,1-3H3. The van der Waals surface area contributed by atoms with Gasteiger partial charge < -0.3 is 0 Å². The third-order valence-electron chi connectivity index (χ3n) is 2.16. The zero-order chi connectivity index (χ0) is 13.1. The third-order valence-corrected chi connectivity index (χ3v) is 2.95. The largest absolute Gasteiger partial charge is 0.446 e. The number of hydrogen-bond acceptors (Lipinski definition) is 1. The lowest BCUT2D eigenvalue weighted by atomic mass is 10.0. The minimum absolute atomic E-state index is 0.104. The highest BCUT2D eigenvalue weighted by Crippen LogP contribution is 2.39. The Labute approximate surface area is 104 Å². The zero-order valence-corrected chi connectivity index (χ0v) is 10.7. The van der Waals surface area contributed by atoms with Gasteiger partial charge in [0, 0.05) is 10.5 Å². The Balaban J connectivity index is 3.19. The number of benzene rings is 1. The van der Waals surface area contributed by atoms with Gasteiger partial charge >= 0.3 is 5.51 Å². The quantitative estimate of drug-likeness (QED) is 0.542. The lowest BCUT2D eigenvalue weighted by molar-refractivity contribution is -0.0328. The molecule has 0 fully saturated rings. The summed E-state index contributed by atoms with van der Waals surface area (Å²) in [5.41, 5.74) is -2.96. The minimum atomic E-state index is -4.28. The van der Waals surface area contributed by atoms with Crippen molar-refractivity contribution in [2.24, 2.45) is 0 Å². The molecule has 0 aliphatic heterocycles. The maximum absolute atomic E-state index is 12.4. The van der Waals surface area contributed by atoms with Crippen molar-refractivity contribution in [1.29, 1.82) is 0 Å². The monoisotopic (exact) mass is 258 g/mol. The molecular formula is C13H13F3S.